The van der Waals surface area contributed by atoms with Crippen molar-refractivity contribution in [2.45, 2.75) is 0 Å². The fraction of sp³-hybridized carbons (Fsp3) is 0. The lowest BCUT2D eigenvalue weighted by Gasteiger charge is -2.16. The third kappa shape index (κ3) is 3.75. The predicted octanol–water partition coefficient (Wildman–Crippen LogP) is 10.8. The molecule has 200 valence electrons. The molecule has 2 aromatic heterocycles. The highest BCUT2D eigenvalue weighted by atomic mass is 16.3. The fourth-order valence-electron chi connectivity index (χ4n) is 6.48. The highest BCUT2D eigenvalue weighted by molar-refractivity contribution is 6.33. The Hall–Kier alpha value is -5.80. The van der Waals surface area contributed by atoms with Crippen LogP contribution in [0.2, 0.25) is 0 Å². The van der Waals surface area contributed by atoms with E-state index < -0.39 is 0 Å². The zero-order chi connectivity index (χ0) is 28.3. The van der Waals surface area contributed by atoms with Crippen LogP contribution < -0.4 is 0 Å². The molecule has 0 aliphatic carbocycles. The summed E-state index contributed by atoms with van der Waals surface area (Å²) in [5.41, 5.74) is 7.95. The van der Waals surface area contributed by atoms with Gasteiger partial charge < -0.3 is 4.42 Å². The molecule has 0 unspecified atom stereocenters. The van der Waals surface area contributed by atoms with E-state index in [0.29, 0.717) is 5.89 Å². The molecule has 9 aromatic rings. The van der Waals surface area contributed by atoms with Gasteiger partial charge in [0, 0.05) is 27.3 Å². The van der Waals surface area contributed by atoms with Gasteiger partial charge in [-0.1, -0.05) is 115 Å². The first-order chi connectivity index (χ1) is 21.3. The molecule has 0 amide bonds. The summed E-state index contributed by atoms with van der Waals surface area (Å²) < 4.78 is 6.04. The summed E-state index contributed by atoms with van der Waals surface area (Å²) in [5, 5.41) is 8.61. The van der Waals surface area contributed by atoms with Gasteiger partial charge in [0.25, 0.3) is 0 Å². The quantitative estimate of drug-likeness (QED) is 0.206. The minimum atomic E-state index is 0.630. The zero-order valence-electron chi connectivity index (χ0n) is 23.2. The summed E-state index contributed by atoms with van der Waals surface area (Å²) in [6, 6.07) is 50.9. The van der Waals surface area contributed by atoms with Gasteiger partial charge in [0.05, 0.1) is 11.2 Å². The van der Waals surface area contributed by atoms with Gasteiger partial charge in [-0.3, -0.25) is 0 Å². The number of hydrogen-bond acceptors (Lipinski definition) is 3. The first kappa shape index (κ1) is 23.9. The number of nitrogens with zero attached hydrogens (tertiary/aromatic N) is 2. The van der Waals surface area contributed by atoms with Crippen LogP contribution in [0.15, 0.2) is 150 Å². The molecule has 3 nitrogen and oxygen atoms in total. The van der Waals surface area contributed by atoms with Crippen molar-refractivity contribution in [1.82, 2.24) is 9.97 Å². The van der Waals surface area contributed by atoms with Crippen molar-refractivity contribution in [2.24, 2.45) is 0 Å². The van der Waals surface area contributed by atoms with E-state index >= 15 is 0 Å². The minimum absolute atomic E-state index is 0.630. The van der Waals surface area contributed by atoms with Crippen molar-refractivity contribution in [3.8, 4) is 33.8 Å². The SMILES string of the molecule is c1cc(-c2ccc(-c3nc4ccccc4c4c5ccccc5c5ccccc5c34)cc2)cc(-c2nc3ccccc3o2)c1. The summed E-state index contributed by atoms with van der Waals surface area (Å²) in [6.07, 6.45) is 0. The van der Waals surface area contributed by atoms with E-state index in [1.807, 2.05) is 30.3 Å². The van der Waals surface area contributed by atoms with Gasteiger partial charge in [-0.2, -0.15) is 0 Å². The van der Waals surface area contributed by atoms with Crippen LogP contribution in [0, 0.1) is 0 Å². The first-order valence-electron chi connectivity index (χ1n) is 14.5. The number of oxazole rings is 1. The normalized spacial score (nSPS) is 11.7. The summed E-state index contributed by atoms with van der Waals surface area (Å²) in [5.74, 6) is 0.630. The van der Waals surface area contributed by atoms with Crippen molar-refractivity contribution >= 4 is 54.3 Å². The summed E-state index contributed by atoms with van der Waals surface area (Å²) in [7, 11) is 0. The van der Waals surface area contributed by atoms with Crippen LogP contribution in [0.5, 0.6) is 0 Å². The van der Waals surface area contributed by atoms with Crippen LogP contribution in [0.25, 0.3) is 88.2 Å². The maximum absolute atomic E-state index is 6.04. The number of benzene rings is 7. The molecule has 0 spiro atoms. The van der Waals surface area contributed by atoms with Crippen molar-refractivity contribution in [3.63, 3.8) is 0 Å². The highest BCUT2D eigenvalue weighted by Gasteiger charge is 2.17. The third-order valence-corrected chi connectivity index (χ3v) is 8.47. The van der Waals surface area contributed by atoms with Crippen molar-refractivity contribution in [1.29, 1.82) is 0 Å². The molecule has 0 atom stereocenters. The molecular weight excluding hydrogens is 524 g/mol. The highest BCUT2D eigenvalue weighted by Crippen LogP contribution is 2.42. The molecule has 0 aliphatic rings. The molecule has 0 saturated heterocycles. The fourth-order valence-corrected chi connectivity index (χ4v) is 6.48. The van der Waals surface area contributed by atoms with Crippen LogP contribution >= 0.6 is 0 Å². The number of fused-ring (bicyclic) bond motifs is 9. The Labute approximate surface area is 247 Å². The summed E-state index contributed by atoms with van der Waals surface area (Å²) in [6.45, 7) is 0. The van der Waals surface area contributed by atoms with Gasteiger partial charge in [0.2, 0.25) is 5.89 Å². The minimum Gasteiger partial charge on any atom is -0.436 e. The molecule has 3 heteroatoms. The second-order valence-electron chi connectivity index (χ2n) is 11.0. The maximum atomic E-state index is 6.04. The molecular formula is C40H24N2O. The average Bonchev–Trinajstić information content (AvgIpc) is 3.53. The van der Waals surface area contributed by atoms with E-state index in [9.17, 15) is 0 Å². The Morgan fingerprint density at radius 1 is 0.372 bits per heavy atom. The number of pyridine rings is 1. The van der Waals surface area contributed by atoms with E-state index in [-0.39, 0.29) is 0 Å². The lowest BCUT2D eigenvalue weighted by Crippen LogP contribution is -1.93. The molecule has 0 N–H and O–H groups in total. The molecule has 0 saturated carbocycles. The van der Waals surface area contributed by atoms with Gasteiger partial charge in [-0.05, 0) is 63.0 Å². The van der Waals surface area contributed by atoms with Crippen LogP contribution in [0.4, 0.5) is 0 Å². The predicted molar refractivity (Wildman–Crippen MR) is 178 cm³/mol. The Kier molecular flexibility index (Phi) is 5.20. The van der Waals surface area contributed by atoms with Gasteiger partial charge in [0.15, 0.2) is 5.58 Å². The van der Waals surface area contributed by atoms with Crippen molar-refractivity contribution < 1.29 is 4.42 Å². The first-order valence-corrected chi connectivity index (χ1v) is 14.5. The summed E-state index contributed by atoms with van der Waals surface area (Å²) >= 11 is 0. The average molecular weight is 549 g/mol. The van der Waals surface area contributed by atoms with Crippen molar-refractivity contribution in [2.75, 3.05) is 0 Å². The van der Waals surface area contributed by atoms with Gasteiger partial charge in [-0.25, -0.2) is 9.97 Å². The largest absolute Gasteiger partial charge is 0.436 e. The molecule has 0 aliphatic heterocycles. The molecule has 0 radical (unpaired) electrons. The lowest BCUT2D eigenvalue weighted by molar-refractivity contribution is 0.620. The number of aromatic nitrogens is 2. The number of hydrogen-bond donors (Lipinski definition) is 0. The van der Waals surface area contributed by atoms with E-state index in [0.717, 1.165) is 44.6 Å². The molecule has 43 heavy (non-hydrogen) atoms. The van der Waals surface area contributed by atoms with E-state index in [1.54, 1.807) is 0 Å². The van der Waals surface area contributed by atoms with E-state index in [2.05, 4.69) is 115 Å². The monoisotopic (exact) mass is 548 g/mol. The van der Waals surface area contributed by atoms with Crippen LogP contribution in [-0.2, 0) is 0 Å². The topological polar surface area (TPSA) is 38.9 Å². The smallest absolute Gasteiger partial charge is 0.227 e. The number of para-hydroxylation sites is 3. The second-order valence-corrected chi connectivity index (χ2v) is 11.0. The van der Waals surface area contributed by atoms with Crippen LogP contribution in [-0.4, -0.2) is 9.97 Å². The molecule has 9 rings (SSSR count). The Balaban J connectivity index is 1.23. The zero-order valence-corrected chi connectivity index (χ0v) is 23.2. The van der Waals surface area contributed by atoms with Gasteiger partial charge >= 0.3 is 0 Å². The van der Waals surface area contributed by atoms with Gasteiger partial charge in [-0.15, -0.1) is 0 Å². The van der Waals surface area contributed by atoms with Crippen LogP contribution in [0.1, 0.15) is 0 Å². The van der Waals surface area contributed by atoms with Crippen LogP contribution in [0.3, 0.4) is 0 Å². The maximum Gasteiger partial charge on any atom is 0.227 e. The summed E-state index contributed by atoms with van der Waals surface area (Å²) in [4.78, 5) is 9.98. The standard InChI is InChI=1S/C40H24N2O/c1-3-14-31-29(12-1)30-13-2-4-15-32(30)38-37(31)33-16-5-6-17-34(33)41-39(38)26-22-20-25(21-23-26)27-10-9-11-28(24-27)40-42-35-18-7-8-19-36(35)43-40/h1-24H. The van der Waals surface area contributed by atoms with Crippen molar-refractivity contribution in [3.05, 3.63) is 146 Å². The number of rotatable bonds is 3. The third-order valence-electron chi connectivity index (χ3n) is 8.47. The Bertz CT molecular complexity index is 2470. The molecule has 0 bridgehead atoms. The molecule has 2 heterocycles. The Morgan fingerprint density at radius 3 is 1.70 bits per heavy atom. The van der Waals surface area contributed by atoms with E-state index in [4.69, 9.17) is 14.4 Å². The molecule has 7 aromatic carbocycles. The second kappa shape index (κ2) is 9.37. The van der Waals surface area contributed by atoms with E-state index in [1.165, 1.54) is 37.7 Å². The van der Waals surface area contributed by atoms with Gasteiger partial charge in [0.1, 0.15) is 5.52 Å². The Morgan fingerprint density at radius 2 is 0.953 bits per heavy atom. The molecule has 0 fully saturated rings. The lowest BCUT2D eigenvalue weighted by atomic mass is 9.89.